The average molecular weight is 468 g/mol. The second-order valence-corrected chi connectivity index (χ2v) is 7.67. The molecule has 160 valence electrons. The Morgan fingerprint density at radius 1 is 1.25 bits per heavy atom. The lowest BCUT2D eigenvalue weighted by molar-refractivity contribution is -0.137. The van der Waals surface area contributed by atoms with Crippen molar-refractivity contribution in [3.8, 4) is 17.5 Å². The summed E-state index contributed by atoms with van der Waals surface area (Å²) in [4.78, 5) is 28.6. The van der Waals surface area contributed by atoms with E-state index in [-0.39, 0.29) is 29.0 Å². The first-order valence-electron chi connectivity index (χ1n) is 9.38. The van der Waals surface area contributed by atoms with Gasteiger partial charge in [-0.25, -0.2) is 9.78 Å². The fraction of sp³-hybridized carbons (Fsp3) is 0.143. The van der Waals surface area contributed by atoms with Crippen molar-refractivity contribution < 1.29 is 9.90 Å². The maximum absolute atomic E-state index is 11.9. The molecule has 0 amide bonds. The van der Waals surface area contributed by atoms with E-state index >= 15 is 0 Å². The van der Waals surface area contributed by atoms with Gasteiger partial charge in [0.2, 0.25) is 11.8 Å². The standard InChI is InChI=1S/C21H15Cl2N7O2/c1-11-25-9-14-6-5-13(10-30(11)14)19-27-17(8-24)28-21(29-19)26-16(20(31)32)7-12-3-2-4-15(22)18(12)23/h2-6,9-10,16H,7H2,1H3,(H,31,32)(H,26,27,28,29). The van der Waals surface area contributed by atoms with Crippen LogP contribution in [-0.4, -0.2) is 41.5 Å². The van der Waals surface area contributed by atoms with E-state index in [1.807, 2.05) is 23.5 Å². The van der Waals surface area contributed by atoms with Gasteiger partial charge in [0.05, 0.1) is 21.8 Å². The number of carboxylic acid groups (broad SMARTS) is 1. The molecule has 0 fully saturated rings. The Hall–Kier alpha value is -3.74. The number of hydrogen-bond donors (Lipinski definition) is 2. The maximum atomic E-state index is 11.9. The number of fused-ring (bicyclic) bond motifs is 1. The normalized spacial score (nSPS) is 11.8. The second kappa shape index (κ2) is 8.78. The number of hydrogen-bond acceptors (Lipinski definition) is 7. The summed E-state index contributed by atoms with van der Waals surface area (Å²) < 4.78 is 1.86. The molecule has 1 unspecified atom stereocenters. The minimum atomic E-state index is -1.14. The van der Waals surface area contributed by atoms with Crippen LogP contribution in [0.15, 0.2) is 42.7 Å². The van der Waals surface area contributed by atoms with Crippen LogP contribution in [0.3, 0.4) is 0 Å². The fourth-order valence-corrected chi connectivity index (χ4v) is 3.55. The number of nitrogens with zero attached hydrogens (tertiary/aromatic N) is 6. The molecule has 0 saturated carbocycles. The van der Waals surface area contributed by atoms with Crippen molar-refractivity contribution in [1.29, 1.82) is 5.26 Å². The number of anilines is 1. The second-order valence-electron chi connectivity index (χ2n) is 6.89. The highest BCUT2D eigenvalue weighted by Gasteiger charge is 2.22. The Morgan fingerprint density at radius 3 is 2.81 bits per heavy atom. The van der Waals surface area contributed by atoms with E-state index < -0.39 is 12.0 Å². The Morgan fingerprint density at radius 2 is 2.06 bits per heavy atom. The number of carbonyl (C=O) groups is 1. The molecule has 0 aliphatic rings. The summed E-state index contributed by atoms with van der Waals surface area (Å²) in [5.41, 5.74) is 2.06. The Bertz CT molecular complexity index is 1380. The first-order chi connectivity index (χ1) is 15.4. The molecular weight excluding hydrogens is 453 g/mol. The van der Waals surface area contributed by atoms with Gasteiger partial charge in [-0.2, -0.15) is 20.2 Å². The lowest BCUT2D eigenvalue weighted by atomic mass is 10.1. The smallest absolute Gasteiger partial charge is 0.326 e. The van der Waals surface area contributed by atoms with Gasteiger partial charge in [0, 0.05) is 18.2 Å². The van der Waals surface area contributed by atoms with Gasteiger partial charge < -0.3 is 14.8 Å². The predicted octanol–water partition coefficient (Wildman–Crippen LogP) is 3.78. The molecule has 0 spiro atoms. The van der Waals surface area contributed by atoms with Gasteiger partial charge in [-0.05, 0) is 30.7 Å². The minimum absolute atomic E-state index is 0.0256. The number of rotatable bonds is 6. The molecular formula is C21H15Cl2N7O2. The van der Waals surface area contributed by atoms with Crippen LogP contribution in [0.25, 0.3) is 16.9 Å². The largest absolute Gasteiger partial charge is 0.480 e. The van der Waals surface area contributed by atoms with Gasteiger partial charge in [0.15, 0.2) is 5.82 Å². The number of aromatic nitrogens is 5. The maximum Gasteiger partial charge on any atom is 0.326 e. The summed E-state index contributed by atoms with van der Waals surface area (Å²) in [6.07, 6.45) is 3.55. The molecule has 0 saturated heterocycles. The topological polar surface area (TPSA) is 129 Å². The molecule has 32 heavy (non-hydrogen) atoms. The van der Waals surface area contributed by atoms with E-state index in [1.165, 1.54) is 0 Å². The highest BCUT2D eigenvalue weighted by atomic mass is 35.5. The van der Waals surface area contributed by atoms with E-state index in [1.54, 1.807) is 36.7 Å². The summed E-state index contributed by atoms with van der Waals surface area (Å²) in [5, 5.41) is 22.4. The van der Waals surface area contributed by atoms with Crippen LogP contribution in [0.1, 0.15) is 17.2 Å². The molecule has 1 aromatic carbocycles. The number of imidazole rings is 1. The van der Waals surface area contributed by atoms with E-state index in [9.17, 15) is 15.2 Å². The lowest BCUT2D eigenvalue weighted by Crippen LogP contribution is -2.32. The van der Waals surface area contributed by atoms with Crippen molar-refractivity contribution in [2.45, 2.75) is 19.4 Å². The zero-order valence-corrected chi connectivity index (χ0v) is 18.1. The first kappa shape index (κ1) is 21.5. The van der Waals surface area contributed by atoms with E-state index in [4.69, 9.17) is 23.2 Å². The van der Waals surface area contributed by atoms with Crippen LogP contribution < -0.4 is 5.32 Å². The van der Waals surface area contributed by atoms with Gasteiger partial charge in [0.1, 0.15) is 17.9 Å². The number of aryl methyl sites for hydroxylation is 1. The zero-order valence-electron chi connectivity index (χ0n) is 16.6. The first-order valence-corrected chi connectivity index (χ1v) is 10.1. The van der Waals surface area contributed by atoms with Crippen molar-refractivity contribution >= 4 is 40.6 Å². The summed E-state index contributed by atoms with van der Waals surface area (Å²) in [7, 11) is 0. The monoisotopic (exact) mass is 467 g/mol. The molecule has 9 nitrogen and oxygen atoms in total. The third-order valence-electron chi connectivity index (χ3n) is 4.76. The molecule has 0 bridgehead atoms. The highest BCUT2D eigenvalue weighted by molar-refractivity contribution is 6.42. The average Bonchev–Trinajstić information content (AvgIpc) is 3.16. The number of nitrogens with one attached hydrogen (secondary N) is 1. The summed E-state index contributed by atoms with van der Waals surface area (Å²) in [6, 6.07) is 9.39. The molecule has 11 heteroatoms. The molecule has 1 atom stereocenters. The molecule has 3 aromatic heterocycles. The fourth-order valence-electron chi connectivity index (χ4n) is 3.15. The van der Waals surface area contributed by atoms with Crippen LogP contribution in [-0.2, 0) is 11.2 Å². The highest BCUT2D eigenvalue weighted by Crippen LogP contribution is 2.27. The summed E-state index contributed by atoms with van der Waals surface area (Å²) >= 11 is 12.2. The van der Waals surface area contributed by atoms with Crippen molar-refractivity contribution in [2.75, 3.05) is 5.32 Å². The molecule has 2 N–H and O–H groups in total. The van der Waals surface area contributed by atoms with E-state index in [0.29, 0.717) is 16.1 Å². The molecule has 0 aliphatic carbocycles. The summed E-state index contributed by atoms with van der Waals surface area (Å²) in [6.45, 7) is 1.86. The number of benzene rings is 1. The molecule has 4 aromatic rings. The number of aliphatic carboxylic acids is 1. The molecule has 0 aliphatic heterocycles. The number of pyridine rings is 1. The summed E-state index contributed by atoms with van der Waals surface area (Å²) in [5.74, 6) is -0.334. The lowest BCUT2D eigenvalue weighted by Gasteiger charge is -2.16. The molecule has 4 rings (SSSR count). The Kier molecular flexibility index (Phi) is 5.90. The van der Waals surface area contributed by atoms with Gasteiger partial charge in [-0.15, -0.1) is 0 Å². The minimum Gasteiger partial charge on any atom is -0.480 e. The van der Waals surface area contributed by atoms with Crippen molar-refractivity contribution in [2.24, 2.45) is 0 Å². The molecule has 0 radical (unpaired) electrons. The van der Waals surface area contributed by atoms with Crippen molar-refractivity contribution in [3.63, 3.8) is 0 Å². The van der Waals surface area contributed by atoms with Gasteiger partial charge in [-0.1, -0.05) is 35.3 Å². The van der Waals surface area contributed by atoms with Crippen LogP contribution in [0.5, 0.6) is 0 Å². The number of carboxylic acids is 1. The third kappa shape index (κ3) is 4.32. The van der Waals surface area contributed by atoms with Crippen LogP contribution in [0.2, 0.25) is 10.0 Å². The SMILES string of the molecule is Cc1ncc2ccc(-c3nc(C#N)nc(NC(Cc4cccc(Cl)c4Cl)C(=O)O)n3)cn12. The Labute approximate surface area is 192 Å². The molecule has 3 heterocycles. The van der Waals surface area contributed by atoms with Crippen molar-refractivity contribution in [3.05, 3.63) is 70.0 Å². The number of halogens is 2. The van der Waals surface area contributed by atoms with Gasteiger partial charge in [0.25, 0.3) is 0 Å². The van der Waals surface area contributed by atoms with E-state index in [2.05, 4.69) is 25.3 Å². The Balaban J connectivity index is 1.69. The van der Waals surface area contributed by atoms with E-state index in [0.717, 1.165) is 11.3 Å². The van der Waals surface area contributed by atoms with Gasteiger partial charge >= 0.3 is 5.97 Å². The van der Waals surface area contributed by atoms with Gasteiger partial charge in [-0.3, -0.25) is 0 Å². The van der Waals surface area contributed by atoms with Crippen LogP contribution >= 0.6 is 23.2 Å². The number of nitriles is 1. The predicted molar refractivity (Wildman–Crippen MR) is 119 cm³/mol. The third-order valence-corrected chi connectivity index (χ3v) is 5.62. The van der Waals surface area contributed by atoms with Crippen LogP contribution in [0.4, 0.5) is 5.95 Å². The zero-order chi connectivity index (χ0) is 22.8. The van der Waals surface area contributed by atoms with Crippen LogP contribution in [0, 0.1) is 18.3 Å². The van der Waals surface area contributed by atoms with Crippen molar-refractivity contribution in [1.82, 2.24) is 24.3 Å². The quantitative estimate of drug-likeness (QED) is 0.438.